The maximum absolute atomic E-state index is 12.0. The van der Waals surface area contributed by atoms with Crippen molar-refractivity contribution in [3.63, 3.8) is 0 Å². The van der Waals surface area contributed by atoms with Gasteiger partial charge in [0.25, 0.3) is 0 Å². The van der Waals surface area contributed by atoms with Crippen LogP contribution in [0.15, 0.2) is 24.3 Å². The Kier molecular flexibility index (Phi) is 5.83. The van der Waals surface area contributed by atoms with Crippen LogP contribution in [0.25, 0.3) is 0 Å². The predicted octanol–water partition coefficient (Wildman–Crippen LogP) is 0.719. The number of para-hydroxylation sites is 1. The topological polar surface area (TPSA) is 73.6 Å². The van der Waals surface area contributed by atoms with E-state index >= 15 is 0 Å². The quantitative estimate of drug-likeness (QED) is 0.721. The van der Waals surface area contributed by atoms with E-state index < -0.39 is 0 Å². The third-order valence-corrected chi connectivity index (χ3v) is 3.28. The van der Waals surface area contributed by atoms with Crippen molar-refractivity contribution in [1.29, 1.82) is 0 Å². The summed E-state index contributed by atoms with van der Waals surface area (Å²) in [5.74, 6) is 0.847. The average Bonchev–Trinajstić information content (AvgIpc) is 2.50. The molecule has 0 aromatic heterocycles. The highest BCUT2D eigenvalue weighted by Gasteiger charge is 2.25. The molecule has 1 unspecified atom stereocenters. The smallest absolute Gasteiger partial charge is 0.226 e. The Balaban J connectivity index is 1.69. The van der Waals surface area contributed by atoms with E-state index in [0.717, 1.165) is 24.2 Å². The minimum absolute atomic E-state index is 0.0540. The van der Waals surface area contributed by atoms with Crippen LogP contribution < -0.4 is 15.8 Å². The second kappa shape index (κ2) is 7.87. The van der Waals surface area contributed by atoms with Crippen LogP contribution in [0, 0.1) is 5.92 Å². The first kappa shape index (κ1) is 14.8. The Morgan fingerprint density at radius 1 is 1.40 bits per heavy atom. The number of ether oxygens (including phenoxy) is 2. The lowest BCUT2D eigenvalue weighted by Gasteiger charge is -2.24. The highest BCUT2D eigenvalue weighted by Crippen LogP contribution is 2.26. The molecule has 0 aliphatic carbocycles. The highest BCUT2D eigenvalue weighted by atomic mass is 16.5. The number of carbonyl (C=O) groups excluding carboxylic acids is 1. The van der Waals surface area contributed by atoms with E-state index in [4.69, 9.17) is 15.2 Å². The summed E-state index contributed by atoms with van der Waals surface area (Å²) in [6, 6.07) is 7.87. The molecule has 0 saturated heterocycles. The van der Waals surface area contributed by atoms with Crippen molar-refractivity contribution in [2.75, 3.05) is 32.9 Å². The number of benzene rings is 1. The predicted molar refractivity (Wildman–Crippen MR) is 76.6 cm³/mol. The van der Waals surface area contributed by atoms with Gasteiger partial charge in [-0.15, -0.1) is 0 Å². The summed E-state index contributed by atoms with van der Waals surface area (Å²) in [6.45, 7) is 2.81. The minimum Gasteiger partial charge on any atom is -0.492 e. The molecular formula is C15H22N2O3. The lowest BCUT2D eigenvalue weighted by molar-refractivity contribution is -0.126. The number of hydrogen-bond donors (Lipinski definition) is 2. The van der Waals surface area contributed by atoms with E-state index in [1.54, 1.807) is 0 Å². The monoisotopic (exact) mass is 278 g/mol. The molecule has 1 atom stereocenters. The van der Waals surface area contributed by atoms with E-state index in [1.165, 1.54) is 0 Å². The van der Waals surface area contributed by atoms with E-state index in [-0.39, 0.29) is 11.8 Å². The van der Waals surface area contributed by atoms with Crippen LogP contribution in [0.5, 0.6) is 5.75 Å². The Morgan fingerprint density at radius 3 is 3.10 bits per heavy atom. The van der Waals surface area contributed by atoms with Crippen LogP contribution in [0.3, 0.4) is 0 Å². The molecule has 3 N–H and O–H groups in total. The number of nitrogens with two attached hydrogens (primary N) is 1. The molecule has 0 bridgehead atoms. The molecule has 1 aromatic rings. The van der Waals surface area contributed by atoms with Gasteiger partial charge in [-0.2, -0.15) is 0 Å². The van der Waals surface area contributed by atoms with Gasteiger partial charge in [-0.1, -0.05) is 18.2 Å². The average molecular weight is 278 g/mol. The maximum atomic E-state index is 12.0. The van der Waals surface area contributed by atoms with Gasteiger partial charge in [0.1, 0.15) is 12.4 Å². The van der Waals surface area contributed by atoms with Crippen molar-refractivity contribution in [2.24, 2.45) is 11.7 Å². The first-order chi connectivity index (χ1) is 9.81. The number of rotatable bonds is 7. The molecule has 0 saturated carbocycles. The van der Waals surface area contributed by atoms with Gasteiger partial charge >= 0.3 is 0 Å². The van der Waals surface area contributed by atoms with Crippen molar-refractivity contribution in [3.05, 3.63) is 29.8 Å². The van der Waals surface area contributed by atoms with Gasteiger partial charge in [0.15, 0.2) is 0 Å². The molecule has 110 valence electrons. The summed E-state index contributed by atoms with van der Waals surface area (Å²) in [6.07, 6.45) is 1.54. The largest absolute Gasteiger partial charge is 0.492 e. The Bertz CT molecular complexity index is 437. The summed E-state index contributed by atoms with van der Waals surface area (Å²) >= 11 is 0. The van der Waals surface area contributed by atoms with E-state index in [9.17, 15) is 4.79 Å². The zero-order chi connectivity index (χ0) is 14.2. The minimum atomic E-state index is -0.102. The van der Waals surface area contributed by atoms with Gasteiger partial charge in [0, 0.05) is 19.7 Å². The Hall–Kier alpha value is -1.59. The molecule has 1 aromatic carbocycles. The van der Waals surface area contributed by atoms with Gasteiger partial charge in [0.05, 0.1) is 12.5 Å². The summed E-state index contributed by atoms with van der Waals surface area (Å²) in [7, 11) is 0. The van der Waals surface area contributed by atoms with Gasteiger partial charge in [-0.25, -0.2) is 0 Å². The molecule has 1 heterocycles. The first-order valence-corrected chi connectivity index (χ1v) is 7.07. The van der Waals surface area contributed by atoms with Crippen LogP contribution in [-0.2, 0) is 16.0 Å². The molecule has 20 heavy (non-hydrogen) atoms. The SMILES string of the molecule is NCCOCCCNC(=O)C1COc2ccccc2C1. The van der Waals surface area contributed by atoms with Gasteiger partial charge in [-0.05, 0) is 24.5 Å². The van der Waals surface area contributed by atoms with Crippen molar-refractivity contribution in [3.8, 4) is 5.75 Å². The maximum Gasteiger partial charge on any atom is 0.226 e. The van der Waals surface area contributed by atoms with Crippen molar-refractivity contribution in [2.45, 2.75) is 12.8 Å². The van der Waals surface area contributed by atoms with Gasteiger partial charge < -0.3 is 20.5 Å². The zero-order valence-corrected chi connectivity index (χ0v) is 11.6. The van der Waals surface area contributed by atoms with Crippen molar-refractivity contribution < 1.29 is 14.3 Å². The van der Waals surface area contributed by atoms with Crippen molar-refractivity contribution in [1.82, 2.24) is 5.32 Å². The number of amides is 1. The Morgan fingerprint density at radius 2 is 2.25 bits per heavy atom. The van der Waals surface area contributed by atoms with Gasteiger partial charge in [0.2, 0.25) is 5.91 Å². The van der Waals surface area contributed by atoms with Crippen LogP contribution in [0.1, 0.15) is 12.0 Å². The molecule has 2 rings (SSSR count). The summed E-state index contributed by atoms with van der Waals surface area (Å²) < 4.78 is 10.9. The molecule has 5 heteroatoms. The third kappa shape index (κ3) is 4.21. The second-order valence-electron chi connectivity index (χ2n) is 4.87. The van der Waals surface area contributed by atoms with Crippen LogP contribution in [0.4, 0.5) is 0 Å². The number of nitrogens with one attached hydrogen (secondary N) is 1. The highest BCUT2D eigenvalue weighted by molar-refractivity contribution is 5.79. The lowest BCUT2D eigenvalue weighted by Crippen LogP contribution is -2.38. The van der Waals surface area contributed by atoms with Crippen LogP contribution in [-0.4, -0.2) is 38.8 Å². The summed E-state index contributed by atoms with van der Waals surface area (Å²) in [5.41, 5.74) is 6.42. The number of hydrogen-bond acceptors (Lipinski definition) is 4. The van der Waals surface area contributed by atoms with E-state index in [1.807, 2.05) is 24.3 Å². The fraction of sp³-hybridized carbons (Fsp3) is 0.533. The fourth-order valence-corrected chi connectivity index (χ4v) is 2.21. The van der Waals surface area contributed by atoms with Gasteiger partial charge in [-0.3, -0.25) is 4.79 Å². The number of carbonyl (C=O) groups is 1. The lowest BCUT2D eigenvalue weighted by atomic mass is 9.96. The van der Waals surface area contributed by atoms with E-state index in [2.05, 4.69) is 5.32 Å². The summed E-state index contributed by atoms with van der Waals surface area (Å²) in [4.78, 5) is 12.0. The van der Waals surface area contributed by atoms with Crippen LogP contribution in [0.2, 0.25) is 0 Å². The molecule has 0 fully saturated rings. The number of fused-ring (bicyclic) bond motifs is 1. The molecule has 1 aliphatic heterocycles. The molecular weight excluding hydrogens is 256 g/mol. The fourth-order valence-electron chi connectivity index (χ4n) is 2.21. The van der Waals surface area contributed by atoms with E-state index in [0.29, 0.717) is 32.9 Å². The molecule has 5 nitrogen and oxygen atoms in total. The summed E-state index contributed by atoms with van der Waals surface area (Å²) in [5, 5.41) is 2.93. The molecule has 1 amide bonds. The zero-order valence-electron chi connectivity index (χ0n) is 11.6. The van der Waals surface area contributed by atoms with Crippen LogP contribution >= 0.6 is 0 Å². The second-order valence-corrected chi connectivity index (χ2v) is 4.87. The third-order valence-electron chi connectivity index (χ3n) is 3.28. The van der Waals surface area contributed by atoms with Crippen molar-refractivity contribution >= 4 is 5.91 Å². The normalized spacial score (nSPS) is 17.1. The molecule has 0 spiro atoms. The first-order valence-electron chi connectivity index (χ1n) is 7.07. The molecule has 1 aliphatic rings. The Labute approximate surface area is 119 Å². The standard InChI is InChI=1S/C15H22N2O3/c16-6-9-19-8-3-7-17-15(18)13-10-12-4-1-2-5-14(12)20-11-13/h1-2,4-5,13H,3,6-11,16H2,(H,17,18). The molecule has 0 radical (unpaired) electrons.